The molecule has 0 aliphatic rings. The van der Waals surface area contributed by atoms with Crippen LogP contribution in [0.2, 0.25) is 5.02 Å². The zero-order valence-corrected chi connectivity index (χ0v) is 17.5. The molecule has 0 bridgehead atoms. The van der Waals surface area contributed by atoms with E-state index in [4.69, 9.17) is 16.3 Å². The van der Waals surface area contributed by atoms with Gasteiger partial charge in [-0.1, -0.05) is 33.6 Å². The summed E-state index contributed by atoms with van der Waals surface area (Å²) in [5.74, 6) is 0.101. The van der Waals surface area contributed by atoms with Crippen LogP contribution in [0.1, 0.15) is 24.0 Å². The molecular formula is C18H19BrClNO4S. The number of halogens is 2. The fourth-order valence-electron chi connectivity index (χ4n) is 2.31. The molecule has 5 nitrogen and oxygen atoms in total. The van der Waals surface area contributed by atoms with E-state index in [1.165, 1.54) is 12.1 Å². The first-order chi connectivity index (χ1) is 12.2. The Labute approximate surface area is 166 Å². The topological polar surface area (TPSA) is 72.5 Å². The van der Waals surface area contributed by atoms with Crippen molar-refractivity contribution in [2.24, 2.45) is 0 Å². The minimum atomic E-state index is -3.87. The standard InChI is InChI=1S/C18H19BrClNO4S/c1-12-9-15(10-13(2)18(12)20)25-8-4-7-17(22)21-26(23,24)16-6-3-5-14(19)11-16/h3,5-6,9-11H,4,7-8H2,1-2H3,(H,21,22). The molecule has 2 aromatic carbocycles. The highest BCUT2D eigenvalue weighted by molar-refractivity contribution is 9.10. The lowest BCUT2D eigenvalue weighted by Crippen LogP contribution is -2.30. The summed E-state index contributed by atoms with van der Waals surface area (Å²) in [6.45, 7) is 4.08. The van der Waals surface area contributed by atoms with Gasteiger partial charge in [0.1, 0.15) is 5.75 Å². The van der Waals surface area contributed by atoms with Crippen LogP contribution in [0.5, 0.6) is 5.75 Å². The zero-order valence-electron chi connectivity index (χ0n) is 14.4. The van der Waals surface area contributed by atoms with E-state index in [0.717, 1.165) is 11.1 Å². The van der Waals surface area contributed by atoms with Crippen molar-refractivity contribution < 1.29 is 17.9 Å². The number of sulfonamides is 1. The minimum Gasteiger partial charge on any atom is -0.494 e. The van der Waals surface area contributed by atoms with Gasteiger partial charge in [0.05, 0.1) is 11.5 Å². The number of hydrogen-bond acceptors (Lipinski definition) is 4. The third-order valence-corrected chi connectivity index (χ3v) is 6.04. The van der Waals surface area contributed by atoms with Crippen molar-refractivity contribution >= 4 is 43.5 Å². The van der Waals surface area contributed by atoms with E-state index < -0.39 is 15.9 Å². The predicted octanol–water partition coefficient (Wildman–Crippen LogP) is 4.38. The molecule has 2 aromatic rings. The average molecular weight is 461 g/mol. The molecule has 2 rings (SSSR count). The number of rotatable bonds is 7. The van der Waals surface area contributed by atoms with Crippen molar-refractivity contribution in [3.63, 3.8) is 0 Å². The van der Waals surface area contributed by atoms with Crippen molar-refractivity contribution in [1.82, 2.24) is 4.72 Å². The second-order valence-electron chi connectivity index (χ2n) is 5.81. The minimum absolute atomic E-state index is 0.0311. The molecule has 26 heavy (non-hydrogen) atoms. The first kappa shape index (κ1) is 20.7. The summed E-state index contributed by atoms with van der Waals surface area (Å²) in [7, 11) is -3.87. The Morgan fingerprint density at radius 2 is 1.85 bits per heavy atom. The monoisotopic (exact) mass is 459 g/mol. The van der Waals surface area contributed by atoms with Gasteiger partial charge >= 0.3 is 0 Å². The van der Waals surface area contributed by atoms with Crippen LogP contribution in [-0.4, -0.2) is 20.9 Å². The van der Waals surface area contributed by atoms with Gasteiger partial charge in [-0.3, -0.25) is 4.79 Å². The summed E-state index contributed by atoms with van der Waals surface area (Å²) in [5, 5.41) is 0.703. The third-order valence-electron chi connectivity index (χ3n) is 3.58. The Kier molecular flexibility index (Phi) is 7.08. The van der Waals surface area contributed by atoms with E-state index in [0.29, 0.717) is 28.3 Å². The lowest BCUT2D eigenvalue weighted by atomic mass is 10.1. The van der Waals surface area contributed by atoms with Crippen LogP contribution >= 0.6 is 27.5 Å². The normalized spacial score (nSPS) is 11.2. The largest absolute Gasteiger partial charge is 0.494 e. The molecule has 0 fully saturated rings. The van der Waals surface area contributed by atoms with Gasteiger partial charge in [-0.2, -0.15) is 0 Å². The molecule has 0 aromatic heterocycles. The zero-order chi connectivity index (χ0) is 19.3. The molecule has 0 heterocycles. The Hall–Kier alpha value is -1.57. The van der Waals surface area contributed by atoms with Crippen LogP contribution in [-0.2, 0) is 14.8 Å². The molecule has 1 amide bonds. The molecule has 0 radical (unpaired) electrons. The van der Waals surface area contributed by atoms with Gasteiger partial charge in [0.2, 0.25) is 5.91 Å². The summed E-state index contributed by atoms with van der Waals surface area (Å²) in [4.78, 5) is 11.9. The predicted molar refractivity (Wildman–Crippen MR) is 105 cm³/mol. The second-order valence-corrected chi connectivity index (χ2v) is 8.79. The van der Waals surface area contributed by atoms with Crippen molar-refractivity contribution in [3.05, 3.63) is 57.0 Å². The van der Waals surface area contributed by atoms with E-state index in [9.17, 15) is 13.2 Å². The van der Waals surface area contributed by atoms with Crippen molar-refractivity contribution in [2.75, 3.05) is 6.61 Å². The number of carbonyl (C=O) groups excluding carboxylic acids is 1. The van der Waals surface area contributed by atoms with Crippen LogP contribution < -0.4 is 9.46 Å². The number of hydrogen-bond donors (Lipinski definition) is 1. The maximum atomic E-state index is 12.2. The Bertz CT molecular complexity index is 892. The number of nitrogens with one attached hydrogen (secondary N) is 1. The SMILES string of the molecule is Cc1cc(OCCCC(=O)NS(=O)(=O)c2cccc(Br)c2)cc(C)c1Cl. The molecule has 0 aliphatic heterocycles. The molecule has 0 aliphatic carbocycles. The number of aryl methyl sites for hydroxylation is 2. The lowest BCUT2D eigenvalue weighted by molar-refractivity contribution is -0.119. The van der Waals surface area contributed by atoms with E-state index >= 15 is 0 Å². The van der Waals surface area contributed by atoms with E-state index in [1.54, 1.807) is 12.1 Å². The van der Waals surface area contributed by atoms with Gasteiger partial charge in [0.25, 0.3) is 10.0 Å². The van der Waals surface area contributed by atoms with Gasteiger partial charge < -0.3 is 4.74 Å². The average Bonchev–Trinajstić information content (AvgIpc) is 2.56. The first-order valence-electron chi connectivity index (χ1n) is 7.90. The summed E-state index contributed by atoms with van der Waals surface area (Å²) >= 11 is 9.31. The van der Waals surface area contributed by atoms with Crippen molar-refractivity contribution in [1.29, 1.82) is 0 Å². The molecule has 0 unspecified atom stereocenters. The van der Waals surface area contributed by atoms with Gasteiger partial charge in [-0.15, -0.1) is 0 Å². The fraction of sp³-hybridized carbons (Fsp3) is 0.278. The molecule has 8 heteroatoms. The molecule has 0 saturated heterocycles. The molecule has 0 atom stereocenters. The van der Waals surface area contributed by atoms with Crippen LogP contribution in [0.3, 0.4) is 0 Å². The van der Waals surface area contributed by atoms with Gasteiger partial charge in [-0.05, 0) is 61.7 Å². The first-order valence-corrected chi connectivity index (χ1v) is 10.6. The van der Waals surface area contributed by atoms with Crippen LogP contribution in [0, 0.1) is 13.8 Å². The number of benzene rings is 2. The Balaban J connectivity index is 1.84. The van der Waals surface area contributed by atoms with Crippen molar-refractivity contribution in [3.8, 4) is 5.75 Å². The number of amides is 1. The molecule has 0 saturated carbocycles. The van der Waals surface area contributed by atoms with Gasteiger partial charge in [0, 0.05) is 15.9 Å². The van der Waals surface area contributed by atoms with E-state index in [2.05, 4.69) is 20.7 Å². The van der Waals surface area contributed by atoms with Crippen LogP contribution in [0.25, 0.3) is 0 Å². The summed E-state index contributed by atoms with van der Waals surface area (Å²) in [6.07, 6.45) is 0.430. The highest BCUT2D eigenvalue weighted by atomic mass is 79.9. The maximum Gasteiger partial charge on any atom is 0.264 e. The summed E-state index contributed by atoms with van der Waals surface area (Å²) in [5.41, 5.74) is 1.83. The number of carbonyl (C=O) groups is 1. The molecule has 0 spiro atoms. The summed E-state index contributed by atoms with van der Waals surface area (Å²) in [6, 6.07) is 9.81. The highest BCUT2D eigenvalue weighted by Gasteiger charge is 2.17. The number of ether oxygens (including phenoxy) is 1. The molecule has 140 valence electrons. The quantitative estimate of drug-likeness (QED) is 0.622. The van der Waals surface area contributed by atoms with Gasteiger partial charge in [0.15, 0.2) is 0 Å². The Morgan fingerprint density at radius 1 is 1.19 bits per heavy atom. The highest BCUT2D eigenvalue weighted by Crippen LogP contribution is 2.26. The third kappa shape index (κ3) is 5.72. The van der Waals surface area contributed by atoms with Crippen LogP contribution in [0.4, 0.5) is 0 Å². The van der Waals surface area contributed by atoms with E-state index in [-0.39, 0.29) is 11.3 Å². The fourth-order valence-corrected chi connectivity index (χ4v) is 4.03. The Morgan fingerprint density at radius 3 is 2.46 bits per heavy atom. The lowest BCUT2D eigenvalue weighted by Gasteiger charge is -2.10. The molecule has 1 N–H and O–H groups in total. The van der Waals surface area contributed by atoms with Gasteiger partial charge in [-0.25, -0.2) is 13.1 Å². The summed E-state index contributed by atoms with van der Waals surface area (Å²) < 4.78 is 32.6. The maximum absolute atomic E-state index is 12.2. The van der Waals surface area contributed by atoms with E-state index in [1.807, 2.05) is 26.0 Å². The second kappa shape index (κ2) is 8.88. The molecular weight excluding hydrogens is 442 g/mol. The van der Waals surface area contributed by atoms with Crippen molar-refractivity contribution in [2.45, 2.75) is 31.6 Å². The van der Waals surface area contributed by atoms with Crippen LogP contribution in [0.15, 0.2) is 45.8 Å². The smallest absolute Gasteiger partial charge is 0.264 e.